The van der Waals surface area contributed by atoms with Crippen LogP contribution in [0.3, 0.4) is 0 Å². The molecule has 6 heteroatoms. The Kier molecular flexibility index (Phi) is 6.06. The Morgan fingerprint density at radius 2 is 1.73 bits per heavy atom. The van der Waals surface area contributed by atoms with Crippen molar-refractivity contribution in [2.24, 2.45) is 0 Å². The van der Waals surface area contributed by atoms with Crippen molar-refractivity contribution in [2.45, 2.75) is 30.6 Å². The van der Waals surface area contributed by atoms with Gasteiger partial charge in [0, 0.05) is 25.2 Å². The fourth-order valence-corrected chi connectivity index (χ4v) is 4.68. The molecule has 26 heavy (non-hydrogen) atoms. The third-order valence-corrected chi connectivity index (χ3v) is 6.46. The molecule has 1 amide bonds. The molecule has 0 aromatic heterocycles. The monoisotopic (exact) mass is 372 g/mol. The van der Waals surface area contributed by atoms with Crippen molar-refractivity contribution in [3.8, 4) is 0 Å². The molecule has 0 unspecified atom stereocenters. The Balaban J connectivity index is 1.58. The topological polar surface area (TPSA) is 66.5 Å². The zero-order valence-corrected chi connectivity index (χ0v) is 15.5. The molecule has 0 saturated carbocycles. The van der Waals surface area contributed by atoms with Crippen LogP contribution in [0.5, 0.6) is 0 Å². The second-order valence-electron chi connectivity index (χ2n) is 6.48. The molecule has 138 valence electrons. The fraction of sp³-hybridized carbons (Fsp3) is 0.350. The van der Waals surface area contributed by atoms with Crippen LogP contribution < -0.4 is 5.32 Å². The first-order valence-electron chi connectivity index (χ1n) is 9.00. The van der Waals surface area contributed by atoms with E-state index in [9.17, 15) is 13.2 Å². The van der Waals surface area contributed by atoms with E-state index in [1.54, 1.807) is 18.2 Å². The summed E-state index contributed by atoms with van der Waals surface area (Å²) in [4.78, 5) is 12.5. The van der Waals surface area contributed by atoms with Gasteiger partial charge in [-0.2, -0.15) is 4.31 Å². The molecule has 2 aromatic carbocycles. The van der Waals surface area contributed by atoms with E-state index in [1.165, 1.54) is 15.9 Å². The van der Waals surface area contributed by atoms with Crippen LogP contribution in [0.1, 0.15) is 35.2 Å². The zero-order chi connectivity index (χ0) is 18.4. The average molecular weight is 372 g/mol. The number of carbonyl (C=O) groups excluding carboxylic acids is 1. The predicted octanol–water partition coefficient (Wildman–Crippen LogP) is 2.83. The van der Waals surface area contributed by atoms with Crippen LogP contribution in [-0.4, -0.2) is 38.3 Å². The molecule has 1 aliphatic rings. The van der Waals surface area contributed by atoms with Gasteiger partial charge in [-0.3, -0.25) is 4.79 Å². The third-order valence-electron chi connectivity index (χ3n) is 4.57. The molecule has 0 aliphatic carbocycles. The molecule has 3 rings (SSSR count). The van der Waals surface area contributed by atoms with Crippen LogP contribution in [-0.2, 0) is 16.4 Å². The average Bonchev–Trinajstić information content (AvgIpc) is 3.22. The summed E-state index contributed by atoms with van der Waals surface area (Å²) in [6, 6.07) is 16.4. The van der Waals surface area contributed by atoms with E-state index in [2.05, 4.69) is 17.4 Å². The highest BCUT2D eigenvalue weighted by molar-refractivity contribution is 7.89. The quantitative estimate of drug-likeness (QED) is 0.760. The first-order valence-corrected chi connectivity index (χ1v) is 10.4. The molecule has 0 radical (unpaired) electrons. The van der Waals surface area contributed by atoms with Gasteiger partial charge >= 0.3 is 0 Å². The SMILES string of the molecule is O=C(NCCCc1ccccc1)c1cccc(S(=O)(=O)N2CCCC2)c1. The van der Waals surface area contributed by atoms with Gasteiger partial charge in [-0.1, -0.05) is 36.4 Å². The maximum absolute atomic E-state index is 12.6. The molecule has 1 N–H and O–H groups in total. The van der Waals surface area contributed by atoms with Gasteiger partial charge in [0.15, 0.2) is 0 Å². The van der Waals surface area contributed by atoms with Crippen LogP contribution in [0.2, 0.25) is 0 Å². The van der Waals surface area contributed by atoms with E-state index in [0.717, 1.165) is 25.7 Å². The number of hydrogen-bond acceptors (Lipinski definition) is 3. The molecule has 0 bridgehead atoms. The molecule has 1 heterocycles. The lowest BCUT2D eigenvalue weighted by Crippen LogP contribution is -2.29. The molecule has 0 atom stereocenters. The normalized spacial score (nSPS) is 15.1. The second-order valence-corrected chi connectivity index (χ2v) is 8.42. The lowest BCUT2D eigenvalue weighted by Gasteiger charge is -2.16. The molecular weight excluding hydrogens is 348 g/mol. The molecule has 0 spiro atoms. The minimum atomic E-state index is -3.50. The third kappa shape index (κ3) is 4.51. The maximum Gasteiger partial charge on any atom is 0.251 e. The van der Waals surface area contributed by atoms with E-state index in [4.69, 9.17) is 0 Å². The van der Waals surface area contributed by atoms with Crippen molar-refractivity contribution in [2.75, 3.05) is 19.6 Å². The van der Waals surface area contributed by atoms with Crippen LogP contribution in [0.25, 0.3) is 0 Å². The standard InChI is InChI=1S/C20H24N2O3S/c23-20(21-13-7-10-17-8-2-1-3-9-17)18-11-6-12-19(16-18)26(24,25)22-14-4-5-15-22/h1-3,6,8-9,11-12,16H,4-5,7,10,13-15H2,(H,21,23). The van der Waals surface area contributed by atoms with Gasteiger partial charge in [0.25, 0.3) is 5.91 Å². The highest BCUT2D eigenvalue weighted by Gasteiger charge is 2.27. The summed E-state index contributed by atoms with van der Waals surface area (Å²) < 4.78 is 26.7. The van der Waals surface area contributed by atoms with Crippen molar-refractivity contribution in [1.29, 1.82) is 0 Å². The van der Waals surface area contributed by atoms with Crippen LogP contribution in [0.4, 0.5) is 0 Å². The second kappa shape index (κ2) is 8.47. The number of rotatable bonds is 7. The van der Waals surface area contributed by atoms with E-state index >= 15 is 0 Å². The predicted molar refractivity (Wildman–Crippen MR) is 102 cm³/mol. The minimum Gasteiger partial charge on any atom is -0.352 e. The Labute approximate surface area is 155 Å². The molecule has 2 aromatic rings. The molecule has 1 aliphatic heterocycles. The number of nitrogens with zero attached hydrogens (tertiary/aromatic N) is 1. The van der Waals surface area contributed by atoms with E-state index in [1.807, 2.05) is 18.2 Å². The number of hydrogen-bond donors (Lipinski definition) is 1. The minimum absolute atomic E-state index is 0.191. The Morgan fingerprint density at radius 3 is 2.46 bits per heavy atom. The highest BCUT2D eigenvalue weighted by atomic mass is 32.2. The number of carbonyl (C=O) groups is 1. The Hall–Kier alpha value is -2.18. The van der Waals surface area contributed by atoms with Crippen molar-refractivity contribution in [1.82, 2.24) is 9.62 Å². The summed E-state index contributed by atoms with van der Waals surface area (Å²) in [5.41, 5.74) is 1.62. The zero-order valence-electron chi connectivity index (χ0n) is 14.7. The first-order chi connectivity index (χ1) is 12.6. The fourth-order valence-electron chi connectivity index (χ4n) is 3.12. The Bertz CT molecular complexity index is 844. The molecule has 1 fully saturated rings. The summed E-state index contributed by atoms with van der Waals surface area (Å²) in [7, 11) is -3.50. The number of amides is 1. The summed E-state index contributed by atoms with van der Waals surface area (Å²) in [5, 5.41) is 2.87. The van der Waals surface area contributed by atoms with E-state index in [-0.39, 0.29) is 10.8 Å². The van der Waals surface area contributed by atoms with Gasteiger partial charge in [-0.25, -0.2) is 8.42 Å². The van der Waals surface area contributed by atoms with Gasteiger partial charge in [0.05, 0.1) is 4.90 Å². The molecule has 1 saturated heterocycles. The van der Waals surface area contributed by atoms with E-state index < -0.39 is 10.0 Å². The van der Waals surface area contributed by atoms with Gasteiger partial charge in [0.2, 0.25) is 10.0 Å². The lowest BCUT2D eigenvalue weighted by molar-refractivity contribution is 0.0953. The summed E-state index contributed by atoms with van der Waals surface area (Å²) in [6.45, 7) is 1.66. The molecular formula is C20H24N2O3S. The van der Waals surface area contributed by atoms with Gasteiger partial charge in [0.1, 0.15) is 0 Å². The number of aryl methyl sites for hydroxylation is 1. The van der Waals surface area contributed by atoms with Crippen molar-refractivity contribution >= 4 is 15.9 Å². The summed E-state index contributed by atoms with van der Waals surface area (Å²) in [6.07, 6.45) is 3.51. The van der Waals surface area contributed by atoms with Crippen LogP contribution >= 0.6 is 0 Å². The number of sulfonamides is 1. The van der Waals surface area contributed by atoms with Gasteiger partial charge < -0.3 is 5.32 Å². The van der Waals surface area contributed by atoms with Crippen molar-refractivity contribution in [3.05, 3.63) is 65.7 Å². The smallest absolute Gasteiger partial charge is 0.251 e. The number of nitrogens with one attached hydrogen (secondary N) is 1. The van der Waals surface area contributed by atoms with E-state index in [0.29, 0.717) is 25.2 Å². The van der Waals surface area contributed by atoms with Gasteiger partial charge in [-0.05, 0) is 49.4 Å². The molecule has 5 nitrogen and oxygen atoms in total. The summed E-state index contributed by atoms with van der Waals surface area (Å²) in [5.74, 6) is -0.239. The lowest BCUT2D eigenvalue weighted by atomic mass is 10.1. The van der Waals surface area contributed by atoms with Crippen molar-refractivity contribution in [3.63, 3.8) is 0 Å². The maximum atomic E-state index is 12.6. The van der Waals surface area contributed by atoms with Crippen LogP contribution in [0, 0.1) is 0 Å². The van der Waals surface area contributed by atoms with Gasteiger partial charge in [-0.15, -0.1) is 0 Å². The van der Waals surface area contributed by atoms with Crippen LogP contribution in [0.15, 0.2) is 59.5 Å². The van der Waals surface area contributed by atoms with Crippen molar-refractivity contribution < 1.29 is 13.2 Å². The largest absolute Gasteiger partial charge is 0.352 e. The first kappa shape index (κ1) is 18.6. The highest BCUT2D eigenvalue weighted by Crippen LogP contribution is 2.21. The number of benzene rings is 2. The Morgan fingerprint density at radius 1 is 1.00 bits per heavy atom. The summed E-state index contributed by atoms with van der Waals surface area (Å²) >= 11 is 0.